The summed E-state index contributed by atoms with van der Waals surface area (Å²) in [4.78, 5) is 2.32. The van der Waals surface area contributed by atoms with Gasteiger partial charge in [0.1, 0.15) is 11.9 Å². The molecule has 2 heteroatoms. The molecular weight excluding hydrogens is 294 g/mol. The number of unbranched alkanes of at least 4 members (excludes halogenated alkanes) is 8. The maximum absolute atomic E-state index is 6.13. The van der Waals surface area contributed by atoms with Gasteiger partial charge in [0, 0.05) is 6.04 Å². The van der Waals surface area contributed by atoms with Crippen molar-refractivity contribution >= 4 is 0 Å². The lowest BCUT2D eigenvalue weighted by atomic mass is 10.0. The predicted molar refractivity (Wildman–Crippen MR) is 106 cm³/mol. The second-order valence-electron chi connectivity index (χ2n) is 7.28. The molecule has 0 aromatic heterocycles. The first-order valence-electron chi connectivity index (χ1n) is 10.0. The Hall–Kier alpha value is -1.02. The first kappa shape index (κ1) is 21.0. The number of para-hydroxylation sites is 1. The van der Waals surface area contributed by atoms with Gasteiger partial charge < -0.3 is 9.64 Å². The van der Waals surface area contributed by atoms with E-state index in [-0.39, 0.29) is 6.10 Å². The van der Waals surface area contributed by atoms with Crippen LogP contribution in [0.5, 0.6) is 5.75 Å². The summed E-state index contributed by atoms with van der Waals surface area (Å²) >= 11 is 0. The SMILES string of the molecule is CCCCCCCCCCCC(C(C)Oc1ccccc1)N(C)C. The lowest BCUT2D eigenvalue weighted by molar-refractivity contribution is 0.103. The maximum atomic E-state index is 6.13. The molecular formula is C22H39NO. The average molecular weight is 334 g/mol. The Morgan fingerprint density at radius 1 is 0.833 bits per heavy atom. The van der Waals surface area contributed by atoms with Crippen molar-refractivity contribution < 1.29 is 4.74 Å². The molecule has 0 saturated heterocycles. The van der Waals surface area contributed by atoms with Gasteiger partial charge in [-0.3, -0.25) is 0 Å². The van der Waals surface area contributed by atoms with Gasteiger partial charge in [-0.05, 0) is 39.6 Å². The summed E-state index contributed by atoms with van der Waals surface area (Å²) in [5, 5.41) is 0. The minimum absolute atomic E-state index is 0.219. The number of likely N-dealkylation sites (N-methyl/N-ethyl adjacent to an activating group) is 1. The predicted octanol–water partition coefficient (Wildman–Crippen LogP) is 6.31. The van der Waals surface area contributed by atoms with Crippen LogP contribution in [0.15, 0.2) is 30.3 Å². The lowest BCUT2D eigenvalue weighted by Gasteiger charge is -2.30. The second kappa shape index (κ2) is 13.3. The van der Waals surface area contributed by atoms with Crippen molar-refractivity contribution in [2.24, 2.45) is 0 Å². The van der Waals surface area contributed by atoms with Crippen LogP contribution in [-0.2, 0) is 0 Å². The molecule has 1 rings (SSSR count). The fraction of sp³-hybridized carbons (Fsp3) is 0.727. The van der Waals surface area contributed by atoms with Crippen molar-refractivity contribution in [1.29, 1.82) is 0 Å². The van der Waals surface area contributed by atoms with Crippen molar-refractivity contribution in [3.8, 4) is 5.75 Å². The zero-order valence-electron chi connectivity index (χ0n) is 16.5. The Morgan fingerprint density at radius 2 is 1.38 bits per heavy atom. The molecule has 0 aliphatic heterocycles. The molecule has 0 spiro atoms. The smallest absolute Gasteiger partial charge is 0.119 e. The number of benzene rings is 1. The van der Waals surface area contributed by atoms with Gasteiger partial charge in [-0.1, -0.05) is 82.9 Å². The van der Waals surface area contributed by atoms with Crippen molar-refractivity contribution in [1.82, 2.24) is 4.90 Å². The first-order chi connectivity index (χ1) is 11.6. The standard InChI is InChI=1S/C22H39NO/c1-5-6-7-8-9-10-11-12-16-19-22(23(3)4)20(2)24-21-17-14-13-15-18-21/h13-15,17-18,20,22H,5-12,16,19H2,1-4H3. The Bertz CT molecular complexity index is 390. The third kappa shape index (κ3) is 9.32. The number of ether oxygens (including phenoxy) is 1. The van der Waals surface area contributed by atoms with Gasteiger partial charge in [0.05, 0.1) is 0 Å². The van der Waals surface area contributed by atoms with Crippen LogP contribution in [0.2, 0.25) is 0 Å². The van der Waals surface area contributed by atoms with Crippen molar-refractivity contribution in [3.05, 3.63) is 30.3 Å². The maximum Gasteiger partial charge on any atom is 0.119 e. The molecule has 0 saturated carbocycles. The summed E-state index contributed by atoms with van der Waals surface area (Å²) in [6.45, 7) is 4.48. The molecule has 1 aromatic carbocycles. The van der Waals surface area contributed by atoms with E-state index < -0.39 is 0 Å². The zero-order chi connectivity index (χ0) is 17.6. The number of nitrogens with zero attached hydrogens (tertiary/aromatic N) is 1. The molecule has 0 radical (unpaired) electrons. The van der Waals surface area contributed by atoms with Gasteiger partial charge in [-0.25, -0.2) is 0 Å². The molecule has 24 heavy (non-hydrogen) atoms. The highest BCUT2D eigenvalue weighted by Gasteiger charge is 2.20. The first-order valence-corrected chi connectivity index (χ1v) is 10.0. The quantitative estimate of drug-likeness (QED) is 0.370. The third-order valence-corrected chi connectivity index (χ3v) is 4.87. The lowest BCUT2D eigenvalue weighted by Crippen LogP contribution is -2.40. The van der Waals surface area contributed by atoms with E-state index in [9.17, 15) is 0 Å². The molecule has 0 amide bonds. The molecule has 0 N–H and O–H groups in total. The van der Waals surface area contributed by atoms with Crippen LogP contribution < -0.4 is 4.74 Å². The summed E-state index contributed by atoms with van der Waals surface area (Å²) in [7, 11) is 4.34. The molecule has 2 unspecified atom stereocenters. The van der Waals surface area contributed by atoms with Gasteiger partial charge in [-0.15, -0.1) is 0 Å². The normalized spacial score (nSPS) is 13.9. The Labute approximate surface area is 150 Å². The molecule has 0 aliphatic carbocycles. The van der Waals surface area contributed by atoms with E-state index in [4.69, 9.17) is 4.74 Å². The fourth-order valence-electron chi connectivity index (χ4n) is 3.37. The van der Waals surface area contributed by atoms with Gasteiger partial charge in [-0.2, -0.15) is 0 Å². The van der Waals surface area contributed by atoms with Crippen molar-refractivity contribution in [3.63, 3.8) is 0 Å². The second-order valence-corrected chi connectivity index (χ2v) is 7.28. The van der Waals surface area contributed by atoms with E-state index in [2.05, 4.69) is 32.8 Å². The molecule has 2 atom stereocenters. The molecule has 0 heterocycles. The molecule has 138 valence electrons. The summed E-state index contributed by atoms with van der Waals surface area (Å²) in [6, 6.07) is 10.7. The van der Waals surface area contributed by atoms with Gasteiger partial charge in [0.2, 0.25) is 0 Å². The highest BCUT2D eigenvalue weighted by Crippen LogP contribution is 2.19. The number of hydrogen-bond donors (Lipinski definition) is 0. The molecule has 2 nitrogen and oxygen atoms in total. The van der Waals surface area contributed by atoms with E-state index >= 15 is 0 Å². The molecule has 0 bridgehead atoms. The number of rotatable bonds is 14. The Balaban J connectivity index is 2.19. The van der Waals surface area contributed by atoms with Gasteiger partial charge in [0.25, 0.3) is 0 Å². The summed E-state index contributed by atoms with van der Waals surface area (Å²) in [6.07, 6.45) is 13.9. The summed E-state index contributed by atoms with van der Waals surface area (Å²) in [5.41, 5.74) is 0. The largest absolute Gasteiger partial charge is 0.489 e. The molecule has 0 aliphatic rings. The van der Waals surface area contributed by atoms with E-state index in [1.165, 1.54) is 64.2 Å². The Kier molecular flexibility index (Phi) is 11.6. The fourth-order valence-corrected chi connectivity index (χ4v) is 3.37. The van der Waals surface area contributed by atoms with E-state index in [0.717, 1.165) is 5.75 Å². The third-order valence-electron chi connectivity index (χ3n) is 4.87. The topological polar surface area (TPSA) is 12.5 Å². The van der Waals surface area contributed by atoms with Crippen LogP contribution in [0.1, 0.15) is 78.1 Å². The highest BCUT2D eigenvalue weighted by atomic mass is 16.5. The van der Waals surface area contributed by atoms with Crippen molar-refractivity contribution in [2.45, 2.75) is 90.2 Å². The van der Waals surface area contributed by atoms with E-state index in [1.54, 1.807) is 0 Å². The minimum atomic E-state index is 0.219. The van der Waals surface area contributed by atoms with Gasteiger partial charge in [0.15, 0.2) is 0 Å². The average Bonchev–Trinajstić information content (AvgIpc) is 2.57. The zero-order valence-corrected chi connectivity index (χ0v) is 16.5. The van der Waals surface area contributed by atoms with Crippen LogP contribution in [0, 0.1) is 0 Å². The van der Waals surface area contributed by atoms with E-state index in [0.29, 0.717) is 6.04 Å². The summed E-state index contributed by atoms with van der Waals surface area (Å²) in [5.74, 6) is 0.976. The van der Waals surface area contributed by atoms with Crippen LogP contribution in [0.4, 0.5) is 0 Å². The number of hydrogen-bond acceptors (Lipinski definition) is 2. The van der Waals surface area contributed by atoms with Crippen LogP contribution in [0.25, 0.3) is 0 Å². The van der Waals surface area contributed by atoms with Crippen LogP contribution in [0.3, 0.4) is 0 Å². The van der Waals surface area contributed by atoms with Crippen LogP contribution in [-0.4, -0.2) is 31.1 Å². The summed E-state index contributed by atoms with van der Waals surface area (Å²) < 4.78 is 6.13. The minimum Gasteiger partial charge on any atom is -0.489 e. The van der Waals surface area contributed by atoms with Crippen LogP contribution >= 0.6 is 0 Å². The van der Waals surface area contributed by atoms with E-state index in [1.807, 2.05) is 30.3 Å². The molecule has 1 aromatic rings. The van der Waals surface area contributed by atoms with Gasteiger partial charge >= 0.3 is 0 Å². The highest BCUT2D eigenvalue weighted by molar-refractivity contribution is 5.21. The van der Waals surface area contributed by atoms with Crippen molar-refractivity contribution in [2.75, 3.05) is 14.1 Å². The Morgan fingerprint density at radius 3 is 1.92 bits per heavy atom. The molecule has 0 fully saturated rings. The monoisotopic (exact) mass is 333 g/mol.